The van der Waals surface area contributed by atoms with E-state index in [1.54, 1.807) is 6.08 Å². The Morgan fingerprint density at radius 2 is 2.00 bits per heavy atom. The molecule has 0 N–H and O–H groups in total. The SMILES string of the molecule is O=C=NC1(c2ccc(N3CCCC3)c(Cl)c2)CC1. The quantitative estimate of drug-likeness (QED) is 0.619. The lowest BCUT2D eigenvalue weighted by molar-refractivity contribution is 0.556. The molecule has 0 atom stereocenters. The van der Waals surface area contributed by atoms with Crippen LogP contribution in [-0.2, 0) is 10.3 Å². The van der Waals surface area contributed by atoms with Crippen molar-refractivity contribution in [2.45, 2.75) is 31.2 Å². The average Bonchev–Trinajstić information content (AvgIpc) is 2.95. The van der Waals surface area contributed by atoms with Gasteiger partial charge in [-0.15, -0.1) is 0 Å². The monoisotopic (exact) mass is 262 g/mol. The van der Waals surface area contributed by atoms with E-state index in [0.29, 0.717) is 0 Å². The van der Waals surface area contributed by atoms with Crippen molar-refractivity contribution in [1.82, 2.24) is 0 Å². The molecule has 3 nitrogen and oxygen atoms in total. The predicted octanol–water partition coefficient (Wildman–Crippen LogP) is 3.27. The van der Waals surface area contributed by atoms with E-state index in [4.69, 9.17) is 11.6 Å². The third-order valence-electron chi connectivity index (χ3n) is 3.92. The molecular weight excluding hydrogens is 248 g/mol. The van der Waals surface area contributed by atoms with Crippen LogP contribution in [0.25, 0.3) is 0 Å². The molecule has 0 aromatic heterocycles. The lowest BCUT2D eigenvalue weighted by atomic mass is 10.0. The van der Waals surface area contributed by atoms with Crippen LogP contribution in [0.3, 0.4) is 0 Å². The predicted molar refractivity (Wildman–Crippen MR) is 71.9 cm³/mol. The zero-order chi connectivity index (χ0) is 12.6. The minimum Gasteiger partial charge on any atom is -0.370 e. The lowest BCUT2D eigenvalue weighted by Gasteiger charge is -2.20. The van der Waals surface area contributed by atoms with E-state index in [9.17, 15) is 4.79 Å². The Labute approximate surface area is 111 Å². The highest BCUT2D eigenvalue weighted by molar-refractivity contribution is 6.33. The normalized spacial score (nSPS) is 20.6. The van der Waals surface area contributed by atoms with Gasteiger partial charge in [0.25, 0.3) is 0 Å². The van der Waals surface area contributed by atoms with Crippen LogP contribution >= 0.6 is 11.6 Å². The first-order valence-corrected chi connectivity index (χ1v) is 6.77. The smallest absolute Gasteiger partial charge is 0.235 e. The molecule has 1 saturated heterocycles. The van der Waals surface area contributed by atoms with Crippen LogP contribution in [0.15, 0.2) is 23.2 Å². The number of hydrogen-bond acceptors (Lipinski definition) is 3. The Morgan fingerprint density at radius 3 is 2.56 bits per heavy atom. The summed E-state index contributed by atoms with van der Waals surface area (Å²) >= 11 is 6.36. The zero-order valence-corrected chi connectivity index (χ0v) is 10.9. The van der Waals surface area contributed by atoms with Crippen molar-refractivity contribution in [2.24, 2.45) is 4.99 Å². The summed E-state index contributed by atoms with van der Waals surface area (Å²) in [5, 5.41) is 0.766. The van der Waals surface area contributed by atoms with Gasteiger partial charge < -0.3 is 4.90 Å². The van der Waals surface area contributed by atoms with E-state index in [0.717, 1.165) is 42.2 Å². The van der Waals surface area contributed by atoms with Crippen molar-refractivity contribution in [3.63, 3.8) is 0 Å². The molecule has 0 radical (unpaired) electrons. The Bertz CT molecular complexity index is 513. The third-order valence-corrected chi connectivity index (χ3v) is 4.22. The summed E-state index contributed by atoms with van der Waals surface area (Å²) in [6, 6.07) is 6.07. The van der Waals surface area contributed by atoms with Crippen LogP contribution in [-0.4, -0.2) is 19.2 Å². The first kappa shape index (κ1) is 11.8. The van der Waals surface area contributed by atoms with Gasteiger partial charge in [-0.1, -0.05) is 17.7 Å². The first-order chi connectivity index (χ1) is 8.75. The fourth-order valence-electron chi connectivity index (χ4n) is 2.68. The molecule has 2 aliphatic rings. The molecule has 0 amide bonds. The number of hydrogen-bond donors (Lipinski definition) is 0. The van der Waals surface area contributed by atoms with Crippen LogP contribution in [0.4, 0.5) is 5.69 Å². The number of rotatable bonds is 3. The summed E-state index contributed by atoms with van der Waals surface area (Å²) in [5.74, 6) is 0. The van der Waals surface area contributed by atoms with Crippen molar-refractivity contribution in [1.29, 1.82) is 0 Å². The second kappa shape index (κ2) is 4.42. The van der Waals surface area contributed by atoms with E-state index in [1.165, 1.54) is 12.8 Å². The Morgan fingerprint density at radius 1 is 1.28 bits per heavy atom. The van der Waals surface area contributed by atoms with Gasteiger partial charge in [0.2, 0.25) is 6.08 Å². The van der Waals surface area contributed by atoms with E-state index in [-0.39, 0.29) is 5.54 Å². The van der Waals surface area contributed by atoms with Gasteiger partial charge in [-0.3, -0.25) is 0 Å². The van der Waals surface area contributed by atoms with Gasteiger partial charge in [0.15, 0.2) is 0 Å². The number of benzene rings is 1. The van der Waals surface area contributed by atoms with Crippen molar-refractivity contribution < 1.29 is 4.79 Å². The summed E-state index contributed by atoms with van der Waals surface area (Å²) < 4.78 is 0. The molecule has 1 saturated carbocycles. The van der Waals surface area contributed by atoms with Crippen LogP contribution in [0.5, 0.6) is 0 Å². The van der Waals surface area contributed by atoms with E-state index in [2.05, 4.69) is 16.0 Å². The summed E-state index contributed by atoms with van der Waals surface area (Å²) in [6.07, 6.45) is 5.98. The molecule has 94 valence electrons. The second-order valence-electron chi connectivity index (χ2n) is 5.10. The third kappa shape index (κ3) is 1.94. The Hall–Kier alpha value is -1.31. The average molecular weight is 263 g/mol. The number of anilines is 1. The highest BCUT2D eigenvalue weighted by Crippen LogP contribution is 2.50. The maximum absolute atomic E-state index is 10.5. The summed E-state index contributed by atoms with van der Waals surface area (Å²) in [7, 11) is 0. The maximum Gasteiger partial charge on any atom is 0.235 e. The fourth-order valence-corrected chi connectivity index (χ4v) is 2.98. The first-order valence-electron chi connectivity index (χ1n) is 6.39. The van der Waals surface area contributed by atoms with Gasteiger partial charge in [-0.25, -0.2) is 4.79 Å². The van der Waals surface area contributed by atoms with Gasteiger partial charge >= 0.3 is 0 Å². The van der Waals surface area contributed by atoms with Crippen molar-refractivity contribution in [3.05, 3.63) is 28.8 Å². The van der Waals surface area contributed by atoms with Gasteiger partial charge in [0.05, 0.1) is 16.2 Å². The molecule has 2 fully saturated rings. The van der Waals surface area contributed by atoms with Crippen LogP contribution in [0, 0.1) is 0 Å². The molecule has 0 unspecified atom stereocenters. The molecule has 3 rings (SSSR count). The van der Waals surface area contributed by atoms with Crippen molar-refractivity contribution in [3.8, 4) is 0 Å². The van der Waals surface area contributed by atoms with Gasteiger partial charge in [0.1, 0.15) is 0 Å². The number of halogens is 1. The second-order valence-corrected chi connectivity index (χ2v) is 5.50. The minimum atomic E-state index is -0.324. The number of nitrogens with zero attached hydrogens (tertiary/aromatic N) is 2. The largest absolute Gasteiger partial charge is 0.370 e. The number of aliphatic imine (C=N–C) groups is 1. The van der Waals surface area contributed by atoms with E-state index in [1.807, 2.05) is 12.1 Å². The summed E-state index contributed by atoms with van der Waals surface area (Å²) in [6.45, 7) is 2.16. The standard InChI is InChI=1S/C14H15ClN2O/c15-12-9-11(14(5-6-14)16-10-18)3-4-13(12)17-7-1-2-8-17/h3-4,9H,1-2,5-8H2. The van der Waals surface area contributed by atoms with Crippen LogP contribution in [0.2, 0.25) is 5.02 Å². The molecule has 1 heterocycles. The molecule has 0 spiro atoms. The molecule has 1 aliphatic carbocycles. The number of carbonyl (C=O) groups excluding carboxylic acids is 1. The topological polar surface area (TPSA) is 32.7 Å². The van der Waals surface area contributed by atoms with E-state index < -0.39 is 0 Å². The molecule has 0 bridgehead atoms. The molecule has 18 heavy (non-hydrogen) atoms. The fraction of sp³-hybridized carbons (Fsp3) is 0.500. The molecule has 1 aliphatic heterocycles. The van der Waals surface area contributed by atoms with E-state index >= 15 is 0 Å². The van der Waals surface area contributed by atoms with Gasteiger partial charge in [-0.2, -0.15) is 4.99 Å². The highest BCUT2D eigenvalue weighted by atomic mass is 35.5. The van der Waals surface area contributed by atoms with Gasteiger partial charge in [-0.05, 0) is 43.4 Å². The molecular formula is C14H15ClN2O. The lowest BCUT2D eigenvalue weighted by Crippen LogP contribution is -2.18. The molecule has 1 aromatic rings. The van der Waals surface area contributed by atoms with Gasteiger partial charge in [0, 0.05) is 13.1 Å². The summed E-state index contributed by atoms with van der Waals surface area (Å²) in [4.78, 5) is 16.7. The minimum absolute atomic E-state index is 0.324. The van der Waals surface area contributed by atoms with Crippen LogP contribution < -0.4 is 4.90 Å². The molecule has 4 heteroatoms. The molecule has 1 aromatic carbocycles. The Balaban J connectivity index is 1.91. The highest BCUT2D eigenvalue weighted by Gasteiger charge is 2.45. The zero-order valence-electron chi connectivity index (χ0n) is 10.2. The summed E-state index contributed by atoms with van der Waals surface area (Å²) in [5.41, 5.74) is 1.82. The van der Waals surface area contributed by atoms with Crippen LogP contribution in [0.1, 0.15) is 31.2 Å². The van der Waals surface area contributed by atoms with Crippen molar-refractivity contribution in [2.75, 3.05) is 18.0 Å². The number of isocyanates is 1. The maximum atomic E-state index is 10.5. The Kier molecular flexibility index (Phi) is 2.89. The van der Waals surface area contributed by atoms with Crippen molar-refractivity contribution >= 4 is 23.4 Å².